The molecule has 1 unspecified atom stereocenters. The van der Waals surface area contributed by atoms with E-state index in [0.29, 0.717) is 17.8 Å². The van der Waals surface area contributed by atoms with Gasteiger partial charge in [0.15, 0.2) is 0 Å². The van der Waals surface area contributed by atoms with Gasteiger partial charge in [-0.15, -0.1) is 0 Å². The molecule has 0 bridgehead atoms. The van der Waals surface area contributed by atoms with Crippen molar-refractivity contribution in [3.63, 3.8) is 0 Å². The van der Waals surface area contributed by atoms with Gasteiger partial charge in [-0.05, 0) is 48.5 Å². The van der Waals surface area contributed by atoms with Crippen LogP contribution in [0, 0.1) is 5.92 Å². The van der Waals surface area contributed by atoms with Gasteiger partial charge in [-0.2, -0.15) is 0 Å². The lowest BCUT2D eigenvalue weighted by Crippen LogP contribution is -2.30. The van der Waals surface area contributed by atoms with E-state index < -0.39 is 17.8 Å². The highest BCUT2D eigenvalue weighted by atomic mass is 79.9. The Balaban J connectivity index is 1.57. The average molecular weight is 474 g/mol. The maximum Gasteiger partial charge on any atom is 0.325 e. The average Bonchev–Trinajstić information content (AvgIpc) is 3.14. The number of amides is 3. The molecule has 30 heavy (non-hydrogen) atoms. The molecular formula is C21H20BrN3O5. The molecule has 2 aromatic rings. The number of ether oxygens (including phenoxy) is 1. The highest BCUT2D eigenvalue weighted by Gasteiger charge is 2.35. The lowest BCUT2D eigenvalue weighted by Gasteiger charge is -2.17. The Morgan fingerprint density at radius 2 is 1.77 bits per heavy atom. The number of hydrogen-bond donors (Lipinski definition) is 2. The van der Waals surface area contributed by atoms with Crippen molar-refractivity contribution >= 4 is 51.0 Å². The number of methoxy groups -OCH3 is 1. The Bertz CT molecular complexity index is 960. The number of anilines is 2. The molecule has 1 aliphatic heterocycles. The Labute approximate surface area is 181 Å². The summed E-state index contributed by atoms with van der Waals surface area (Å²) >= 11 is 3.36. The van der Waals surface area contributed by atoms with Crippen LogP contribution in [0.25, 0.3) is 0 Å². The first-order valence-electron chi connectivity index (χ1n) is 9.19. The molecule has 9 heteroatoms. The maximum absolute atomic E-state index is 12.6. The van der Waals surface area contributed by atoms with E-state index in [0.717, 1.165) is 10.2 Å². The molecule has 1 heterocycles. The molecule has 8 nitrogen and oxygen atoms in total. The molecular weight excluding hydrogens is 454 g/mol. The van der Waals surface area contributed by atoms with Crippen LogP contribution in [0.15, 0.2) is 53.0 Å². The van der Waals surface area contributed by atoms with Gasteiger partial charge in [0.05, 0.1) is 13.0 Å². The van der Waals surface area contributed by atoms with E-state index in [9.17, 15) is 19.2 Å². The molecule has 0 radical (unpaired) electrons. The molecule has 0 aromatic heterocycles. The zero-order chi connectivity index (χ0) is 21.7. The van der Waals surface area contributed by atoms with Crippen molar-refractivity contribution in [2.75, 3.05) is 30.4 Å². The second kappa shape index (κ2) is 9.53. The predicted octanol–water partition coefficient (Wildman–Crippen LogP) is 2.34. The second-order valence-electron chi connectivity index (χ2n) is 6.71. The third-order valence-corrected chi connectivity index (χ3v) is 5.20. The number of hydrogen-bond acceptors (Lipinski definition) is 5. The van der Waals surface area contributed by atoms with E-state index in [1.807, 2.05) is 24.3 Å². The van der Waals surface area contributed by atoms with Crippen LogP contribution in [-0.2, 0) is 19.1 Å². The Morgan fingerprint density at radius 3 is 2.40 bits per heavy atom. The molecule has 0 aliphatic carbocycles. The molecule has 3 amide bonds. The van der Waals surface area contributed by atoms with Crippen LogP contribution in [0.4, 0.5) is 11.4 Å². The summed E-state index contributed by atoms with van der Waals surface area (Å²) in [5.74, 6) is -1.80. The summed E-state index contributed by atoms with van der Waals surface area (Å²) in [4.78, 5) is 49.6. The fourth-order valence-electron chi connectivity index (χ4n) is 3.03. The molecule has 156 valence electrons. The fourth-order valence-corrected chi connectivity index (χ4v) is 3.29. The third-order valence-electron chi connectivity index (χ3n) is 4.67. The van der Waals surface area contributed by atoms with E-state index in [4.69, 9.17) is 0 Å². The molecule has 1 aliphatic rings. The Hall–Kier alpha value is -3.20. The van der Waals surface area contributed by atoms with E-state index in [2.05, 4.69) is 31.3 Å². The van der Waals surface area contributed by atoms with E-state index in [1.165, 1.54) is 19.2 Å². The van der Waals surface area contributed by atoms with Gasteiger partial charge in [-0.3, -0.25) is 19.2 Å². The van der Waals surface area contributed by atoms with Crippen molar-refractivity contribution in [2.24, 2.45) is 5.92 Å². The van der Waals surface area contributed by atoms with Crippen LogP contribution in [-0.4, -0.2) is 43.9 Å². The van der Waals surface area contributed by atoms with Gasteiger partial charge in [0, 0.05) is 34.4 Å². The van der Waals surface area contributed by atoms with Gasteiger partial charge in [-0.25, -0.2) is 0 Å². The lowest BCUT2D eigenvalue weighted by molar-refractivity contribution is -0.139. The first-order chi connectivity index (χ1) is 14.4. The highest BCUT2D eigenvalue weighted by Crippen LogP contribution is 2.27. The Kier molecular flexibility index (Phi) is 6.83. The van der Waals surface area contributed by atoms with Gasteiger partial charge in [-0.1, -0.05) is 15.9 Å². The summed E-state index contributed by atoms with van der Waals surface area (Å²) in [6, 6.07) is 13.6. The molecule has 0 saturated carbocycles. The number of benzene rings is 2. The fraction of sp³-hybridized carbons (Fsp3) is 0.238. The SMILES string of the molecule is COC(=O)CNC(=O)c1ccc(NC(=O)C2CC(=O)N(c3ccc(Br)cc3)C2)cc1. The van der Waals surface area contributed by atoms with Crippen molar-refractivity contribution in [3.8, 4) is 0 Å². The van der Waals surface area contributed by atoms with Crippen molar-refractivity contribution in [2.45, 2.75) is 6.42 Å². The van der Waals surface area contributed by atoms with Crippen LogP contribution in [0.1, 0.15) is 16.8 Å². The molecule has 2 N–H and O–H groups in total. The van der Waals surface area contributed by atoms with E-state index in [-0.39, 0.29) is 24.8 Å². The summed E-state index contributed by atoms with van der Waals surface area (Å²) in [5, 5.41) is 5.22. The van der Waals surface area contributed by atoms with Gasteiger partial charge < -0.3 is 20.3 Å². The van der Waals surface area contributed by atoms with Crippen LogP contribution < -0.4 is 15.5 Å². The minimum absolute atomic E-state index is 0.102. The summed E-state index contributed by atoms with van der Waals surface area (Å²) in [7, 11) is 1.24. The predicted molar refractivity (Wildman–Crippen MR) is 114 cm³/mol. The monoisotopic (exact) mass is 473 g/mol. The van der Waals surface area contributed by atoms with Crippen molar-refractivity contribution < 1.29 is 23.9 Å². The number of carbonyl (C=O) groups is 4. The number of nitrogens with one attached hydrogen (secondary N) is 2. The van der Waals surface area contributed by atoms with Crippen LogP contribution in [0.3, 0.4) is 0 Å². The quantitative estimate of drug-likeness (QED) is 0.626. The molecule has 1 saturated heterocycles. The van der Waals surface area contributed by atoms with Crippen molar-refractivity contribution in [1.29, 1.82) is 0 Å². The minimum Gasteiger partial charge on any atom is -0.468 e. The second-order valence-corrected chi connectivity index (χ2v) is 7.62. The number of rotatable bonds is 6. The Morgan fingerprint density at radius 1 is 1.10 bits per heavy atom. The normalized spacial score (nSPS) is 15.6. The maximum atomic E-state index is 12.6. The topological polar surface area (TPSA) is 105 Å². The minimum atomic E-state index is -0.546. The summed E-state index contributed by atoms with van der Waals surface area (Å²) < 4.78 is 5.38. The molecule has 1 fully saturated rings. The summed E-state index contributed by atoms with van der Waals surface area (Å²) in [6.07, 6.45) is 0.135. The number of carbonyl (C=O) groups excluding carboxylic acids is 4. The standard InChI is InChI=1S/C21H20BrN3O5/c1-30-19(27)11-23-20(28)13-2-6-16(7-3-13)24-21(29)14-10-18(26)25(12-14)17-8-4-15(22)5-9-17/h2-9,14H,10-12H2,1H3,(H,23,28)(H,24,29). The first kappa shape index (κ1) is 21.5. The number of nitrogens with zero attached hydrogens (tertiary/aromatic N) is 1. The summed E-state index contributed by atoms with van der Waals surface area (Å²) in [5.41, 5.74) is 1.61. The van der Waals surface area contributed by atoms with Crippen LogP contribution in [0.5, 0.6) is 0 Å². The zero-order valence-electron chi connectivity index (χ0n) is 16.2. The highest BCUT2D eigenvalue weighted by molar-refractivity contribution is 9.10. The lowest BCUT2D eigenvalue weighted by atomic mass is 10.1. The van der Waals surface area contributed by atoms with Gasteiger partial charge >= 0.3 is 5.97 Å². The van der Waals surface area contributed by atoms with Crippen LogP contribution >= 0.6 is 15.9 Å². The van der Waals surface area contributed by atoms with Crippen LogP contribution in [0.2, 0.25) is 0 Å². The van der Waals surface area contributed by atoms with Gasteiger partial charge in [0.1, 0.15) is 6.54 Å². The van der Waals surface area contributed by atoms with Gasteiger partial charge in [0.2, 0.25) is 11.8 Å². The largest absolute Gasteiger partial charge is 0.468 e. The number of halogens is 1. The first-order valence-corrected chi connectivity index (χ1v) is 9.98. The van der Waals surface area contributed by atoms with Crippen molar-refractivity contribution in [1.82, 2.24) is 5.32 Å². The smallest absolute Gasteiger partial charge is 0.325 e. The molecule has 1 atom stereocenters. The molecule has 0 spiro atoms. The zero-order valence-corrected chi connectivity index (χ0v) is 17.8. The number of esters is 1. The third kappa shape index (κ3) is 5.24. The molecule has 2 aromatic carbocycles. The van der Waals surface area contributed by atoms with E-state index in [1.54, 1.807) is 17.0 Å². The molecule has 3 rings (SSSR count). The summed E-state index contributed by atoms with van der Waals surface area (Å²) in [6.45, 7) is 0.0821. The van der Waals surface area contributed by atoms with E-state index >= 15 is 0 Å². The van der Waals surface area contributed by atoms with Gasteiger partial charge in [0.25, 0.3) is 5.91 Å². The van der Waals surface area contributed by atoms with Crippen molar-refractivity contribution in [3.05, 3.63) is 58.6 Å².